The maximum Gasteiger partial charge on any atom is 0.246 e. The van der Waals surface area contributed by atoms with E-state index < -0.39 is 0 Å². The molecular weight excluding hydrogens is 408 g/mol. The van der Waals surface area contributed by atoms with Crippen LogP contribution in [0.1, 0.15) is 25.0 Å². The van der Waals surface area contributed by atoms with Crippen LogP contribution >= 0.6 is 0 Å². The molecule has 2 aromatic carbocycles. The van der Waals surface area contributed by atoms with Crippen molar-refractivity contribution in [1.82, 2.24) is 9.80 Å². The maximum absolute atomic E-state index is 12.7. The maximum atomic E-state index is 12.7. The largest absolute Gasteiger partial charge is 0.490 e. The monoisotopic (exact) mass is 438 g/mol. The van der Waals surface area contributed by atoms with Crippen molar-refractivity contribution in [1.29, 1.82) is 0 Å². The van der Waals surface area contributed by atoms with Crippen LogP contribution in [-0.4, -0.2) is 61.9 Å². The van der Waals surface area contributed by atoms with E-state index in [9.17, 15) is 4.79 Å². The van der Waals surface area contributed by atoms with E-state index in [4.69, 9.17) is 18.9 Å². The van der Waals surface area contributed by atoms with E-state index in [1.807, 2.05) is 55.2 Å². The molecule has 7 heteroatoms. The summed E-state index contributed by atoms with van der Waals surface area (Å²) in [5, 5.41) is 0. The molecule has 0 radical (unpaired) electrons. The van der Waals surface area contributed by atoms with Gasteiger partial charge in [-0.15, -0.1) is 0 Å². The predicted octanol–water partition coefficient (Wildman–Crippen LogP) is 3.57. The summed E-state index contributed by atoms with van der Waals surface area (Å²) in [5.74, 6) is 3.05. The Morgan fingerprint density at radius 3 is 2.47 bits per heavy atom. The number of carbonyl (C=O) groups is 1. The van der Waals surface area contributed by atoms with Gasteiger partial charge in [0.2, 0.25) is 12.7 Å². The van der Waals surface area contributed by atoms with Crippen LogP contribution in [0.25, 0.3) is 6.08 Å². The predicted molar refractivity (Wildman–Crippen MR) is 122 cm³/mol. The molecule has 0 bridgehead atoms. The van der Waals surface area contributed by atoms with Crippen molar-refractivity contribution in [2.75, 3.05) is 46.2 Å². The van der Waals surface area contributed by atoms with Gasteiger partial charge in [0.05, 0.1) is 13.2 Å². The molecule has 2 heterocycles. The molecule has 0 aromatic heterocycles. The smallest absolute Gasteiger partial charge is 0.246 e. The van der Waals surface area contributed by atoms with Gasteiger partial charge in [-0.25, -0.2) is 0 Å². The van der Waals surface area contributed by atoms with Crippen LogP contribution in [0.15, 0.2) is 42.5 Å². The summed E-state index contributed by atoms with van der Waals surface area (Å²) < 4.78 is 22.1. The Labute approximate surface area is 189 Å². The molecule has 0 spiro atoms. The van der Waals surface area contributed by atoms with Gasteiger partial charge < -0.3 is 23.8 Å². The summed E-state index contributed by atoms with van der Waals surface area (Å²) in [6, 6.07) is 11.8. The molecule has 1 saturated heterocycles. The van der Waals surface area contributed by atoms with Crippen molar-refractivity contribution < 1.29 is 23.7 Å². The Bertz CT molecular complexity index is 967. The highest BCUT2D eigenvalue weighted by atomic mass is 16.7. The fraction of sp³-hybridized carbons (Fsp3) is 0.400. The Morgan fingerprint density at radius 2 is 1.69 bits per heavy atom. The van der Waals surface area contributed by atoms with Gasteiger partial charge >= 0.3 is 0 Å². The van der Waals surface area contributed by atoms with Gasteiger partial charge in [-0.2, -0.15) is 0 Å². The Morgan fingerprint density at radius 1 is 0.938 bits per heavy atom. The second-order valence-corrected chi connectivity index (χ2v) is 7.69. The van der Waals surface area contributed by atoms with E-state index in [0.29, 0.717) is 32.1 Å². The molecule has 170 valence electrons. The zero-order valence-corrected chi connectivity index (χ0v) is 18.7. The molecule has 7 nitrogen and oxygen atoms in total. The third kappa shape index (κ3) is 5.34. The van der Waals surface area contributed by atoms with Crippen molar-refractivity contribution in [3.63, 3.8) is 0 Å². The van der Waals surface area contributed by atoms with E-state index >= 15 is 0 Å². The fourth-order valence-corrected chi connectivity index (χ4v) is 3.87. The van der Waals surface area contributed by atoms with Crippen LogP contribution in [0.2, 0.25) is 0 Å². The van der Waals surface area contributed by atoms with Gasteiger partial charge in [-0.3, -0.25) is 9.69 Å². The molecule has 0 N–H and O–H groups in total. The molecule has 2 aromatic rings. The minimum absolute atomic E-state index is 0.0274. The summed E-state index contributed by atoms with van der Waals surface area (Å²) in [5.41, 5.74) is 2.10. The normalized spacial score (nSPS) is 15.9. The van der Waals surface area contributed by atoms with E-state index in [-0.39, 0.29) is 12.7 Å². The van der Waals surface area contributed by atoms with E-state index in [1.165, 1.54) is 5.56 Å². The number of fused-ring (bicyclic) bond motifs is 1. The lowest BCUT2D eigenvalue weighted by Crippen LogP contribution is -2.47. The first kappa shape index (κ1) is 22.0. The number of amides is 1. The highest BCUT2D eigenvalue weighted by Crippen LogP contribution is 2.33. The summed E-state index contributed by atoms with van der Waals surface area (Å²) in [6.07, 6.45) is 3.47. The van der Waals surface area contributed by atoms with Crippen molar-refractivity contribution in [3.05, 3.63) is 53.6 Å². The Kier molecular flexibility index (Phi) is 7.17. The molecule has 1 amide bonds. The zero-order valence-electron chi connectivity index (χ0n) is 18.7. The molecule has 2 aliphatic heterocycles. The first-order valence-electron chi connectivity index (χ1n) is 11.1. The van der Waals surface area contributed by atoms with E-state index in [0.717, 1.165) is 42.4 Å². The number of carbonyl (C=O) groups excluding carboxylic acids is 1. The van der Waals surface area contributed by atoms with Gasteiger partial charge in [0.1, 0.15) is 0 Å². The Hall–Kier alpha value is -3.19. The van der Waals surface area contributed by atoms with E-state index in [1.54, 1.807) is 6.08 Å². The Balaban J connectivity index is 1.29. The molecule has 0 unspecified atom stereocenters. The zero-order chi connectivity index (χ0) is 22.3. The van der Waals surface area contributed by atoms with Crippen molar-refractivity contribution >= 4 is 12.0 Å². The average Bonchev–Trinajstić information content (AvgIpc) is 3.28. The van der Waals surface area contributed by atoms with Gasteiger partial charge in [0.15, 0.2) is 23.0 Å². The lowest BCUT2D eigenvalue weighted by Gasteiger charge is -2.34. The second kappa shape index (κ2) is 10.4. The van der Waals surface area contributed by atoms with Crippen LogP contribution < -0.4 is 18.9 Å². The second-order valence-electron chi connectivity index (χ2n) is 7.69. The van der Waals surface area contributed by atoms with Crippen molar-refractivity contribution in [2.24, 2.45) is 0 Å². The third-order valence-electron chi connectivity index (χ3n) is 5.51. The van der Waals surface area contributed by atoms with Crippen molar-refractivity contribution in [3.8, 4) is 23.0 Å². The average molecular weight is 439 g/mol. The van der Waals surface area contributed by atoms with Crippen LogP contribution in [0.5, 0.6) is 23.0 Å². The molecule has 4 rings (SSSR count). The number of piperazine rings is 1. The lowest BCUT2D eigenvalue weighted by molar-refractivity contribution is -0.127. The third-order valence-corrected chi connectivity index (χ3v) is 5.51. The molecule has 0 saturated carbocycles. The number of benzene rings is 2. The molecule has 1 fully saturated rings. The SMILES string of the molecule is CCOc1ccc(/C=C/C(=O)N2CCN(Cc3ccc4c(c3)OCO4)CC2)cc1OCC. The molecule has 2 aliphatic rings. The topological polar surface area (TPSA) is 60.5 Å². The summed E-state index contributed by atoms with van der Waals surface area (Å²) >= 11 is 0. The fourth-order valence-electron chi connectivity index (χ4n) is 3.87. The number of rotatable bonds is 8. The van der Waals surface area contributed by atoms with Crippen LogP contribution in [-0.2, 0) is 11.3 Å². The first-order chi connectivity index (χ1) is 15.7. The quantitative estimate of drug-likeness (QED) is 0.588. The first-order valence-corrected chi connectivity index (χ1v) is 11.1. The minimum Gasteiger partial charge on any atom is -0.490 e. The molecule has 0 aliphatic carbocycles. The van der Waals surface area contributed by atoms with Gasteiger partial charge in [-0.1, -0.05) is 12.1 Å². The highest BCUT2D eigenvalue weighted by molar-refractivity contribution is 5.92. The van der Waals surface area contributed by atoms with Gasteiger partial charge in [0, 0.05) is 38.8 Å². The van der Waals surface area contributed by atoms with Crippen LogP contribution in [0.4, 0.5) is 0 Å². The molecule has 0 atom stereocenters. The summed E-state index contributed by atoms with van der Waals surface area (Å²) in [6.45, 7) is 9.24. The summed E-state index contributed by atoms with van der Waals surface area (Å²) in [4.78, 5) is 16.9. The minimum atomic E-state index is 0.0274. The van der Waals surface area contributed by atoms with Crippen LogP contribution in [0.3, 0.4) is 0 Å². The molecule has 32 heavy (non-hydrogen) atoms. The van der Waals surface area contributed by atoms with Gasteiger partial charge in [-0.05, 0) is 55.3 Å². The summed E-state index contributed by atoms with van der Waals surface area (Å²) in [7, 11) is 0. The number of nitrogens with zero attached hydrogens (tertiary/aromatic N) is 2. The lowest BCUT2D eigenvalue weighted by atomic mass is 10.1. The number of ether oxygens (including phenoxy) is 4. The number of hydrogen-bond acceptors (Lipinski definition) is 6. The molecular formula is C25H30N2O5. The van der Waals surface area contributed by atoms with Gasteiger partial charge in [0.25, 0.3) is 0 Å². The number of hydrogen-bond donors (Lipinski definition) is 0. The van der Waals surface area contributed by atoms with Crippen LogP contribution in [0, 0.1) is 0 Å². The van der Waals surface area contributed by atoms with E-state index in [2.05, 4.69) is 11.0 Å². The highest BCUT2D eigenvalue weighted by Gasteiger charge is 2.21. The standard InChI is InChI=1S/C25H30N2O5/c1-3-29-21-8-5-19(15-23(21)30-4-2)7-10-25(28)27-13-11-26(12-14-27)17-20-6-9-22-24(16-20)32-18-31-22/h5-10,15-16H,3-4,11-14,17-18H2,1-2H3/b10-7+. The van der Waals surface area contributed by atoms with Crippen molar-refractivity contribution in [2.45, 2.75) is 20.4 Å².